The fourth-order valence-electron chi connectivity index (χ4n) is 3.88. The Kier molecular flexibility index (Phi) is 7.91. The molecule has 35 heavy (non-hydrogen) atoms. The van der Waals surface area contributed by atoms with Crippen molar-refractivity contribution in [1.82, 2.24) is 19.7 Å². The maximum absolute atomic E-state index is 13.3. The Morgan fingerprint density at radius 2 is 1.83 bits per heavy atom. The van der Waals surface area contributed by atoms with E-state index in [4.69, 9.17) is 5.26 Å². The smallest absolute Gasteiger partial charge is 0.237 e. The molecular formula is C27H26N6OS. The van der Waals surface area contributed by atoms with E-state index in [1.165, 1.54) is 11.8 Å². The first-order valence-electron chi connectivity index (χ1n) is 11.3. The Morgan fingerprint density at radius 1 is 1.06 bits per heavy atom. The van der Waals surface area contributed by atoms with Crippen LogP contribution in [0.2, 0.25) is 0 Å². The molecule has 1 amide bonds. The predicted molar refractivity (Wildman–Crippen MR) is 138 cm³/mol. The number of hydrogen-bond acceptors (Lipinski definition) is 6. The first-order valence-corrected chi connectivity index (χ1v) is 12.3. The van der Waals surface area contributed by atoms with Crippen LogP contribution in [0, 0.1) is 25.2 Å². The number of carbonyl (C=O) groups excluding carboxylic acids is 1. The molecule has 0 spiro atoms. The van der Waals surface area contributed by atoms with Gasteiger partial charge in [0.25, 0.3) is 0 Å². The summed E-state index contributed by atoms with van der Waals surface area (Å²) in [5.41, 5.74) is 4.93. The number of nitrogens with zero attached hydrogens (tertiary/aromatic N) is 6. The Labute approximate surface area is 209 Å². The van der Waals surface area contributed by atoms with Crippen molar-refractivity contribution < 1.29 is 4.79 Å². The highest BCUT2D eigenvalue weighted by Gasteiger charge is 2.20. The molecule has 0 atom stereocenters. The van der Waals surface area contributed by atoms with Crippen LogP contribution < -0.4 is 4.90 Å². The van der Waals surface area contributed by atoms with Gasteiger partial charge in [-0.05, 0) is 54.8 Å². The fourth-order valence-corrected chi connectivity index (χ4v) is 4.70. The average Bonchev–Trinajstić information content (AvgIpc) is 3.26. The number of nitriles is 1. The molecule has 0 bridgehead atoms. The summed E-state index contributed by atoms with van der Waals surface area (Å²) in [6.07, 6.45) is 3.74. The van der Waals surface area contributed by atoms with Gasteiger partial charge in [0, 0.05) is 30.2 Å². The van der Waals surface area contributed by atoms with Crippen molar-refractivity contribution in [3.63, 3.8) is 0 Å². The Hall–Kier alpha value is -3.96. The molecule has 2 heterocycles. The van der Waals surface area contributed by atoms with Crippen molar-refractivity contribution in [3.8, 4) is 17.5 Å². The number of anilines is 1. The van der Waals surface area contributed by atoms with Gasteiger partial charge < -0.3 is 4.90 Å². The van der Waals surface area contributed by atoms with Gasteiger partial charge in [-0.2, -0.15) is 5.26 Å². The molecule has 0 saturated carbocycles. The zero-order valence-electron chi connectivity index (χ0n) is 19.8. The van der Waals surface area contributed by atoms with Crippen molar-refractivity contribution in [3.05, 3.63) is 89.7 Å². The number of rotatable bonds is 9. The summed E-state index contributed by atoms with van der Waals surface area (Å²) in [6.45, 7) is 4.93. The molecule has 2 aromatic carbocycles. The number of hydrogen-bond donors (Lipinski definition) is 0. The highest BCUT2D eigenvalue weighted by molar-refractivity contribution is 7.99. The molecule has 0 radical (unpaired) electrons. The molecule has 0 saturated heterocycles. The predicted octanol–water partition coefficient (Wildman–Crippen LogP) is 5.04. The number of pyridine rings is 1. The van der Waals surface area contributed by atoms with E-state index in [2.05, 4.69) is 39.4 Å². The summed E-state index contributed by atoms with van der Waals surface area (Å²) in [5.74, 6) is 0.804. The highest BCUT2D eigenvalue weighted by Crippen LogP contribution is 2.26. The lowest BCUT2D eigenvalue weighted by atomic mass is 10.1. The Morgan fingerprint density at radius 3 is 2.51 bits per heavy atom. The molecule has 0 aliphatic heterocycles. The molecule has 7 nitrogen and oxygen atoms in total. The van der Waals surface area contributed by atoms with Crippen molar-refractivity contribution in [2.45, 2.75) is 32.0 Å². The SMILES string of the molecule is Cc1cc(C)cc(N(CCC#N)C(=O)CSc2nnc(-c3cccnc3)n2Cc2ccccc2)c1. The summed E-state index contributed by atoms with van der Waals surface area (Å²) < 4.78 is 2.01. The number of aryl methyl sites for hydroxylation is 2. The third-order valence-electron chi connectivity index (χ3n) is 5.41. The molecule has 0 aliphatic carbocycles. The quantitative estimate of drug-likeness (QED) is 0.311. The largest absolute Gasteiger partial charge is 0.311 e. The standard InChI is InChI=1S/C27H26N6OS/c1-20-14-21(2)16-24(15-20)32(13-7-11-28)25(34)19-35-27-31-30-26(23-10-6-12-29-17-23)33(27)18-22-8-4-3-5-9-22/h3-6,8-10,12,14-17H,7,13,18-19H2,1-2H3. The van der Waals surface area contributed by atoms with Crippen LogP contribution in [0.4, 0.5) is 5.69 Å². The van der Waals surface area contributed by atoms with E-state index >= 15 is 0 Å². The molecule has 4 rings (SSSR count). The molecule has 0 fully saturated rings. The maximum Gasteiger partial charge on any atom is 0.237 e. The van der Waals surface area contributed by atoms with Crippen LogP contribution in [0.25, 0.3) is 11.4 Å². The van der Waals surface area contributed by atoms with Crippen molar-refractivity contribution >= 4 is 23.4 Å². The van der Waals surface area contributed by atoms with Crippen LogP contribution in [-0.2, 0) is 11.3 Å². The zero-order chi connectivity index (χ0) is 24.6. The molecule has 176 valence electrons. The van der Waals surface area contributed by atoms with Crippen molar-refractivity contribution in [2.75, 3.05) is 17.2 Å². The topological polar surface area (TPSA) is 87.7 Å². The van der Waals surface area contributed by atoms with Crippen LogP contribution >= 0.6 is 11.8 Å². The molecule has 0 N–H and O–H groups in total. The van der Waals surface area contributed by atoms with Crippen LogP contribution in [0.5, 0.6) is 0 Å². The number of thioether (sulfide) groups is 1. The lowest BCUT2D eigenvalue weighted by molar-refractivity contribution is -0.116. The van der Waals surface area contributed by atoms with E-state index in [1.54, 1.807) is 17.3 Å². The number of benzene rings is 2. The van der Waals surface area contributed by atoms with Crippen LogP contribution in [-0.4, -0.2) is 38.0 Å². The van der Waals surface area contributed by atoms with Crippen LogP contribution in [0.1, 0.15) is 23.1 Å². The van der Waals surface area contributed by atoms with Gasteiger partial charge >= 0.3 is 0 Å². The molecular weight excluding hydrogens is 456 g/mol. The fraction of sp³-hybridized carbons (Fsp3) is 0.222. The molecule has 0 unspecified atom stereocenters. The van der Waals surface area contributed by atoms with Gasteiger partial charge in [0.15, 0.2) is 11.0 Å². The van der Waals surface area contributed by atoms with E-state index in [0.717, 1.165) is 27.9 Å². The minimum atomic E-state index is -0.0764. The minimum Gasteiger partial charge on any atom is -0.311 e. The van der Waals surface area contributed by atoms with E-state index in [-0.39, 0.29) is 18.1 Å². The summed E-state index contributed by atoms with van der Waals surface area (Å²) in [7, 11) is 0. The third kappa shape index (κ3) is 6.14. The number of amides is 1. The van der Waals surface area contributed by atoms with Gasteiger partial charge in [0.05, 0.1) is 24.8 Å². The Balaban J connectivity index is 1.59. The zero-order valence-corrected chi connectivity index (χ0v) is 20.6. The van der Waals surface area contributed by atoms with Gasteiger partial charge in [-0.15, -0.1) is 10.2 Å². The average molecular weight is 483 g/mol. The Bertz CT molecular complexity index is 1310. The second-order valence-electron chi connectivity index (χ2n) is 8.21. The summed E-state index contributed by atoms with van der Waals surface area (Å²) in [6, 6.07) is 22.1. The molecule has 4 aromatic rings. The van der Waals surface area contributed by atoms with Gasteiger partial charge in [-0.1, -0.05) is 48.2 Å². The summed E-state index contributed by atoms with van der Waals surface area (Å²) >= 11 is 1.35. The second-order valence-corrected chi connectivity index (χ2v) is 9.15. The minimum absolute atomic E-state index is 0.0764. The van der Waals surface area contributed by atoms with Crippen molar-refractivity contribution in [2.24, 2.45) is 0 Å². The van der Waals surface area contributed by atoms with Gasteiger partial charge in [0.2, 0.25) is 5.91 Å². The van der Waals surface area contributed by atoms with Crippen LogP contribution in [0.3, 0.4) is 0 Å². The normalized spacial score (nSPS) is 10.7. The lowest BCUT2D eigenvalue weighted by Gasteiger charge is -2.22. The van der Waals surface area contributed by atoms with Gasteiger partial charge in [-0.25, -0.2) is 0 Å². The van der Waals surface area contributed by atoms with Crippen molar-refractivity contribution in [1.29, 1.82) is 5.26 Å². The molecule has 2 aromatic heterocycles. The summed E-state index contributed by atoms with van der Waals surface area (Å²) in [4.78, 5) is 19.2. The van der Waals surface area contributed by atoms with E-state index in [0.29, 0.717) is 24.1 Å². The lowest BCUT2D eigenvalue weighted by Crippen LogP contribution is -2.33. The van der Waals surface area contributed by atoms with E-state index in [9.17, 15) is 4.79 Å². The third-order valence-corrected chi connectivity index (χ3v) is 6.36. The molecule has 8 heteroatoms. The second kappa shape index (κ2) is 11.4. The number of carbonyl (C=O) groups is 1. The monoisotopic (exact) mass is 482 g/mol. The van der Waals surface area contributed by atoms with Gasteiger partial charge in [0.1, 0.15) is 0 Å². The molecule has 0 aliphatic rings. The summed E-state index contributed by atoms with van der Waals surface area (Å²) in [5, 5.41) is 18.6. The first-order chi connectivity index (χ1) is 17.0. The van der Waals surface area contributed by atoms with Gasteiger partial charge in [-0.3, -0.25) is 14.3 Å². The first kappa shape index (κ1) is 24.2. The van der Waals surface area contributed by atoms with E-state index < -0.39 is 0 Å². The maximum atomic E-state index is 13.3. The highest BCUT2D eigenvalue weighted by atomic mass is 32.2. The van der Waals surface area contributed by atoms with Crippen LogP contribution in [0.15, 0.2) is 78.2 Å². The number of aromatic nitrogens is 4. The van der Waals surface area contributed by atoms with E-state index in [1.807, 2.05) is 60.9 Å².